The van der Waals surface area contributed by atoms with Gasteiger partial charge in [0.05, 0.1) is 4.47 Å². The van der Waals surface area contributed by atoms with E-state index in [2.05, 4.69) is 21.2 Å². The van der Waals surface area contributed by atoms with E-state index in [0.717, 1.165) is 5.56 Å². The van der Waals surface area contributed by atoms with Gasteiger partial charge in [0.15, 0.2) is 5.60 Å². The number of likely N-dealkylation sites (tertiary alicyclic amines) is 1. The van der Waals surface area contributed by atoms with Gasteiger partial charge < -0.3 is 15.3 Å². The zero-order valence-corrected chi connectivity index (χ0v) is 19.3. The van der Waals surface area contributed by atoms with Crippen molar-refractivity contribution in [1.82, 2.24) is 10.2 Å². The molecule has 2 unspecified atom stereocenters. The molecule has 5 nitrogen and oxygen atoms in total. The fourth-order valence-electron chi connectivity index (χ4n) is 5.02. The second-order valence-corrected chi connectivity index (χ2v) is 9.80. The van der Waals surface area contributed by atoms with Crippen LogP contribution in [0.15, 0.2) is 46.9 Å². The minimum Gasteiger partial charge on any atom is -0.376 e. The number of piperidine rings is 2. The van der Waals surface area contributed by atoms with Gasteiger partial charge in [0.2, 0.25) is 5.91 Å². The molecule has 2 aliphatic heterocycles. The lowest BCUT2D eigenvalue weighted by molar-refractivity contribution is -0.154. The summed E-state index contributed by atoms with van der Waals surface area (Å²) >= 11 is 3.10. The molecule has 170 valence electrons. The first-order chi connectivity index (χ1) is 15.1. The van der Waals surface area contributed by atoms with Gasteiger partial charge in [-0.05, 0) is 76.5 Å². The topological polar surface area (TPSA) is 69.6 Å². The van der Waals surface area contributed by atoms with Crippen LogP contribution >= 0.6 is 15.9 Å². The minimum atomic E-state index is -1.80. The zero-order valence-electron chi connectivity index (χ0n) is 17.7. The van der Waals surface area contributed by atoms with E-state index in [1.807, 2.05) is 0 Å². The molecule has 2 amide bonds. The lowest BCUT2D eigenvalue weighted by Gasteiger charge is -2.49. The van der Waals surface area contributed by atoms with Crippen LogP contribution in [0.3, 0.4) is 0 Å². The summed E-state index contributed by atoms with van der Waals surface area (Å²) in [4.78, 5) is 27.1. The Morgan fingerprint density at radius 2 is 1.84 bits per heavy atom. The molecule has 2 heterocycles. The predicted molar refractivity (Wildman–Crippen MR) is 119 cm³/mol. The Morgan fingerprint density at radius 3 is 2.47 bits per heavy atom. The van der Waals surface area contributed by atoms with E-state index in [0.29, 0.717) is 44.5 Å². The van der Waals surface area contributed by atoms with Gasteiger partial charge in [-0.2, -0.15) is 0 Å². The molecule has 0 radical (unpaired) electrons. The van der Waals surface area contributed by atoms with Crippen molar-refractivity contribution in [3.8, 4) is 0 Å². The van der Waals surface area contributed by atoms with Crippen LogP contribution in [0.1, 0.15) is 43.2 Å². The van der Waals surface area contributed by atoms with Crippen LogP contribution in [0, 0.1) is 17.0 Å². The lowest BCUT2D eigenvalue weighted by atomic mass is 9.62. The van der Waals surface area contributed by atoms with Crippen LogP contribution in [0.2, 0.25) is 0 Å². The molecular weight excluding hydrogens is 482 g/mol. The van der Waals surface area contributed by atoms with E-state index in [1.54, 1.807) is 17.0 Å². The molecule has 32 heavy (non-hydrogen) atoms. The molecular formula is C24H25BrF2N2O3. The van der Waals surface area contributed by atoms with Crippen molar-refractivity contribution >= 4 is 27.7 Å². The molecule has 2 fully saturated rings. The maximum absolute atomic E-state index is 13.6. The van der Waals surface area contributed by atoms with E-state index in [4.69, 9.17) is 0 Å². The van der Waals surface area contributed by atoms with Crippen LogP contribution in [-0.2, 0) is 15.2 Å². The number of hydrogen-bond acceptors (Lipinski definition) is 3. The predicted octanol–water partition coefficient (Wildman–Crippen LogP) is 3.85. The highest BCUT2D eigenvalue weighted by Crippen LogP contribution is 2.49. The van der Waals surface area contributed by atoms with Crippen LogP contribution in [0.5, 0.6) is 0 Å². The third-order valence-corrected chi connectivity index (χ3v) is 7.58. The molecule has 2 atom stereocenters. The number of amides is 2. The van der Waals surface area contributed by atoms with Gasteiger partial charge in [-0.1, -0.05) is 18.2 Å². The first kappa shape index (κ1) is 22.9. The largest absolute Gasteiger partial charge is 0.376 e. The van der Waals surface area contributed by atoms with E-state index in [1.165, 1.54) is 37.3 Å². The molecule has 2 aromatic carbocycles. The Hall–Kier alpha value is -2.32. The molecule has 2 saturated heterocycles. The third kappa shape index (κ3) is 4.18. The number of aliphatic hydroxyl groups is 1. The third-order valence-electron chi connectivity index (χ3n) is 6.97. The van der Waals surface area contributed by atoms with Gasteiger partial charge in [-0.3, -0.25) is 9.59 Å². The molecule has 8 heteroatoms. The van der Waals surface area contributed by atoms with Crippen LogP contribution in [0.4, 0.5) is 8.78 Å². The Balaban J connectivity index is 1.53. The molecule has 4 rings (SSSR count). The highest BCUT2D eigenvalue weighted by Gasteiger charge is 2.48. The smallest absolute Gasteiger partial charge is 0.258 e. The number of carbonyl (C=O) groups excluding carboxylic acids is 2. The normalized spacial score (nSPS) is 22.3. The number of halogens is 3. The molecule has 2 N–H and O–H groups in total. The number of nitrogens with zero attached hydrogens (tertiary/aromatic N) is 1. The Labute approximate surface area is 193 Å². The van der Waals surface area contributed by atoms with Gasteiger partial charge in [-0.15, -0.1) is 0 Å². The van der Waals surface area contributed by atoms with Crippen molar-refractivity contribution < 1.29 is 23.5 Å². The van der Waals surface area contributed by atoms with E-state index in [9.17, 15) is 23.5 Å². The maximum atomic E-state index is 13.6. The van der Waals surface area contributed by atoms with Gasteiger partial charge in [0.1, 0.15) is 11.6 Å². The lowest BCUT2D eigenvalue weighted by Crippen LogP contribution is -2.55. The summed E-state index contributed by atoms with van der Waals surface area (Å²) in [6.07, 6.45) is 1.53. The Bertz CT molecular complexity index is 1030. The van der Waals surface area contributed by atoms with E-state index >= 15 is 0 Å². The maximum Gasteiger partial charge on any atom is 0.258 e. The number of hydrogen-bond donors (Lipinski definition) is 2. The molecule has 0 aliphatic carbocycles. The molecule has 0 aromatic heterocycles. The number of nitrogens with one attached hydrogen (secondary N) is 1. The highest BCUT2D eigenvalue weighted by atomic mass is 79.9. The van der Waals surface area contributed by atoms with Crippen molar-refractivity contribution in [2.24, 2.45) is 5.41 Å². The summed E-state index contributed by atoms with van der Waals surface area (Å²) in [5.41, 5.74) is -0.866. The average Bonchev–Trinajstić information content (AvgIpc) is 2.76. The standard InChI is InChI=1S/C24H25BrF2N2O3/c1-23(32,16-4-7-20(27)19(25)12-16)22(31)29-10-8-24(9-11-29)13-21(30)28-14-18(24)15-2-5-17(26)6-3-15/h2-7,12,18,32H,8-11,13-14H2,1H3,(H,28,30). The first-order valence-corrected chi connectivity index (χ1v) is 11.4. The van der Waals surface area contributed by atoms with Gasteiger partial charge >= 0.3 is 0 Å². The second-order valence-electron chi connectivity index (χ2n) is 8.94. The molecule has 0 bridgehead atoms. The van der Waals surface area contributed by atoms with Crippen LogP contribution in [-0.4, -0.2) is 41.5 Å². The first-order valence-electron chi connectivity index (χ1n) is 10.6. The summed E-state index contributed by atoms with van der Waals surface area (Å²) < 4.78 is 27.2. The van der Waals surface area contributed by atoms with Crippen LogP contribution < -0.4 is 5.32 Å². The molecule has 0 saturated carbocycles. The van der Waals surface area contributed by atoms with Crippen molar-refractivity contribution in [2.75, 3.05) is 19.6 Å². The number of benzene rings is 2. The second kappa shape index (κ2) is 8.56. The molecule has 2 aliphatic rings. The quantitative estimate of drug-likeness (QED) is 0.664. The number of carbonyl (C=O) groups is 2. The summed E-state index contributed by atoms with van der Waals surface area (Å²) in [6.45, 7) is 2.67. The van der Waals surface area contributed by atoms with Crippen LogP contribution in [0.25, 0.3) is 0 Å². The Kier molecular flexibility index (Phi) is 6.11. The SMILES string of the molecule is CC(O)(C(=O)N1CCC2(CC1)CC(=O)NCC2c1ccc(F)cc1)c1ccc(F)c(Br)c1. The van der Waals surface area contributed by atoms with Gasteiger partial charge in [0.25, 0.3) is 5.91 Å². The summed E-state index contributed by atoms with van der Waals surface area (Å²) in [5.74, 6) is -1.24. The Morgan fingerprint density at radius 1 is 1.19 bits per heavy atom. The fraction of sp³-hybridized carbons (Fsp3) is 0.417. The van der Waals surface area contributed by atoms with Crippen molar-refractivity contribution in [1.29, 1.82) is 0 Å². The van der Waals surface area contributed by atoms with E-state index < -0.39 is 17.3 Å². The monoisotopic (exact) mass is 506 g/mol. The van der Waals surface area contributed by atoms with Crippen molar-refractivity contribution in [2.45, 2.75) is 37.7 Å². The minimum absolute atomic E-state index is 0.0200. The average molecular weight is 507 g/mol. The molecule has 1 spiro atoms. The zero-order chi connectivity index (χ0) is 23.1. The van der Waals surface area contributed by atoms with E-state index in [-0.39, 0.29) is 27.5 Å². The summed E-state index contributed by atoms with van der Waals surface area (Å²) in [7, 11) is 0. The molecule has 2 aromatic rings. The summed E-state index contributed by atoms with van der Waals surface area (Å²) in [6, 6.07) is 10.4. The summed E-state index contributed by atoms with van der Waals surface area (Å²) in [5, 5.41) is 13.9. The number of rotatable bonds is 3. The van der Waals surface area contributed by atoms with Crippen molar-refractivity contribution in [3.63, 3.8) is 0 Å². The highest BCUT2D eigenvalue weighted by molar-refractivity contribution is 9.10. The fourth-order valence-corrected chi connectivity index (χ4v) is 5.39. The van der Waals surface area contributed by atoms with Gasteiger partial charge in [-0.25, -0.2) is 8.78 Å². The van der Waals surface area contributed by atoms with Gasteiger partial charge in [0, 0.05) is 32.0 Å². The van der Waals surface area contributed by atoms with Crippen molar-refractivity contribution in [3.05, 3.63) is 69.7 Å².